The third-order valence-electron chi connectivity index (χ3n) is 6.22. The van der Waals surface area contributed by atoms with E-state index in [4.69, 9.17) is 0 Å². The normalized spacial score (nSPS) is 13.7. The van der Waals surface area contributed by atoms with E-state index in [2.05, 4.69) is 5.10 Å². The number of aryl methyl sites for hydroxylation is 2. The minimum absolute atomic E-state index is 0.00248. The second-order valence-corrected chi connectivity index (χ2v) is 8.54. The molecule has 5 rings (SSSR count). The second kappa shape index (κ2) is 9.22. The number of amides is 2. The van der Waals surface area contributed by atoms with Crippen LogP contribution in [-0.4, -0.2) is 26.5 Å². The number of carbonyl (C=O) groups excluding carboxylic acids is 2. The molecule has 0 bridgehead atoms. The molecule has 0 atom stereocenters. The zero-order valence-corrected chi connectivity index (χ0v) is 19.8. The van der Waals surface area contributed by atoms with Crippen LogP contribution in [0.5, 0.6) is 5.88 Å². The van der Waals surface area contributed by atoms with Crippen LogP contribution >= 0.6 is 0 Å². The zero-order valence-electron chi connectivity index (χ0n) is 19.8. The third-order valence-corrected chi connectivity index (χ3v) is 6.22. The predicted octanol–water partition coefficient (Wildman–Crippen LogP) is 3.09. The molecule has 0 saturated carbocycles. The first-order valence-corrected chi connectivity index (χ1v) is 11.5. The highest BCUT2D eigenvalue weighted by Crippen LogP contribution is 2.39. The van der Waals surface area contributed by atoms with E-state index in [0.717, 1.165) is 16.9 Å². The summed E-state index contributed by atoms with van der Waals surface area (Å²) in [6.45, 7) is 1.93. The van der Waals surface area contributed by atoms with E-state index in [9.17, 15) is 19.1 Å². The highest BCUT2D eigenvalue weighted by atomic mass is 19.1. The largest absolute Gasteiger partial charge is 0.858 e. The molecule has 0 aliphatic carbocycles. The summed E-state index contributed by atoms with van der Waals surface area (Å²) < 4.78 is 16.2. The molecule has 0 spiro atoms. The van der Waals surface area contributed by atoms with E-state index < -0.39 is 23.5 Å². The standard InChI is InChI=1S/C28H23FN4O3/c1-3-18-8-7-15-32(16-18)25-23(22-24(30-31(2)26(22)34)20-9-5-4-6-10-20)27(35)33(28(25)36)17-19-11-13-21(29)14-12-19/h4-16H,3,17H2,1-2H3. The highest BCUT2D eigenvalue weighted by molar-refractivity contribution is 6.45. The van der Waals surface area contributed by atoms with Crippen molar-refractivity contribution in [3.05, 3.63) is 102 Å². The van der Waals surface area contributed by atoms with Crippen LogP contribution < -0.4 is 9.67 Å². The van der Waals surface area contributed by atoms with Gasteiger partial charge in [0.25, 0.3) is 11.6 Å². The molecule has 0 radical (unpaired) electrons. The SMILES string of the molecule is CCc1ccc[n+](C2=C(c3c(-c4ccccc4)nn(C)c3[O-])C(=O)N(Cc3ccc(F)cc3)C2=O)c1. The lowest BCUT2D eigenvalue weighted by atomic mass is 10.00. The fourth-order valence-electron chi connectivity index (χ4n) is 4.35. The lowest BCUT2D eigenvalue weighted by Gasteiger charge is -2.15. The van der Waals surface area contributed by atoms with Crippen LogP contribution in [0.4, 0.5) is 4.39 Å². The zero-order chi connectivity index (χ0) is 25.4. The first-order valence-electron chi connectivity index (χ1n) is 11.5. The minimum Gasteiger partial charge on any atom is -0.858 e. The van der Waals surface area contributed by atoms with E-state index in [1.54, 1.807) is 35.2 Å². The lowest BCUT2D eigenvalue weighted by Crippen LogP contribution is -2.39. The maximum absolute atomic E-state index is 13.9. The van der Waals surface area contributed by atoms with Gasteiger partial charge in [0, 0.05) is 29.8 Å². The van der Waals surface area contributed by atoms with Crippen molar-refractivity contribution in [3.8, 4) is 17.1 Å². The summed E-state index contributed by atoms with van der Waals surface area (Å²) in [4.78, 5) is 28.7. The van der Waals surface area contributed by atoms with Crippen LogP contribution in [0.25, 0.3) is 22.5 Å². The molecule has 2 amide bonds. The van der Waals surface area contributed by atoms with E-state index >= 15 is 0 Å². The smallest absolute Gasteiger partial charge is 0.327 e. The van der Waals surface area contributed by atoms with Gasteiger partial charge in [0.1, 0.15) is 11.4 Å². The van der Waals surface area contributed by atoms with Gasteiger partial charge in [0.05, 0.1) is 12.2 Å². The molecule has 1 aliphatic rings. The van der Waals surface area contributed by atoms with Crippen molar-refractivity contribution in [3.63, 3.8) is 0 Å². The number of aromatic nitrogens is 3. The van der Waals surface area contributed by atoms with Crippen molar-refractivity contribution < 1.29 is 23.7 Å². The van der Waals surface area contributed by atoms with E-state index in [1.807, 2.05) is 31.2 Å². The predicted molar refractivity (Wildman–Crippen MR) is 129 cm³/mol. The van der Waals surface area contributed by atoms with Crippen LogP contribution in [0.15, 0.2) is 79.1 Å². The molecule has 4 aromatic rings. The summed E-state index contributed by atoms with van der Waals surface area (Å²) in [6, 6.07) is 18.4. The molecule has 0 N–H and O–H groups in total. The van der Waals surface area contributed by atoms with Crippen molar-refractivity contribution in [1.82, 2.24) is 14.7 Å². The number of hydrogen-bond acceptors (Lipinski definition) is 4. The van der Waals surface area contributed by atoms with E-state index in [1.165, 1.54) is 36.0 Å². The third kappa shape index (κ3) is 3.96. The molecular weight excluding hydrogens is 459 g/mol. The monoisotopic (exact) mass is 482 g/mol. The average Bonchev–Trinajstić information content (AvgIpc) is 3.32. The van der Waals surface area contributed by atoms with Gasteiger partial charge in [-0.2, -0.15) is 9.67 Å². The molecule has 180 valence electrons. The summed E-state index contributed by atoms with van der Waals surface area (Å²) in [5.74, 6) is -2.03. The Morgan fingerprint density at radius 2 is 1.67 bits per heavy atom. The fraction of sp³-hybridized carbons (Fsp3) is 0.143. The lowest BCUT2D eigenvalue weighted by molar-refractivity contribution is -0.577. The van der Waals surface area contributed by atoms with Gasteiger partial charge in [-0.05, 0) is 36.1 Å². The number of hydrogen-bond donors (Lipinski definition) is 0. The number of rotatable bonds is 6. The van der Waals surface area contributed by atoms with Gasteiger partial charge < -0.3 is 5.11 Å². The Kier molecular flexibility index (Phi) is 5.93. The number of nitrogens with zero attached hydrogens (tertiary/aromatic N) is 4. The minimum atomic E-state index is -0.601. The van der Waals surface area contributed by atoms with Gasteiger partial charge in [-0.1, -0.05) is 49.4 Å². The molecule has 0 saturated heterocycles. The van der Waals surface area contributed by atoms with Crippen LogP contribution in [-0.2, 0) is 29.6 Å². The quantitative estimate of drug-likeness (QED) is 0.312. The van der Waals surface area contributed by atoms with Crippen molar-refractivity contribution >= 4 is 23.1 Å². The Labute approximate surface area is 207 Å². The number of pyridine rings is 1. The molecule has 7 nitrogen and oxygen atoms in total. The molecule has 8 heteroatoms. The summed E-state index contributed by atoms with van der Waals surface area (Å²) in [6.07, 6.45) is 4.19. The van der Waals surface area contributed by atoms with Crippen molar-refractivity contribution in [2.45, 2.75) is 19.9 Å². The number of carbonyl (C=O) groups is 2. The highest BCUT2D eigenvalue weighted by Gasteiger charge is 2.46. The fourth-order valence-corrected chi connectivity index (χ4v) is 4.35. The Balaban J connectivity index is 1.72. The maximum atomic E-state index is 13.9. The molecule has 0 unspecified atom stereocenters. The number of halogens is 1. The Morgan fingerprint density at radius 3 is 2.36 bits per heavy atom. The van der Waals surface area contributed by atoms with Gasteiger partial charge in [0.15, 0.2) is 12.4 Å². The maximum Gasteiger partial charge on any atom is 0.327 e. The number of imide groups is 1. The van der Waals surface area contributed by atoms with Crippen molar-refractivity contribution in [2.75, 3.05) is 0 Å². The van der Waals surface area contributed by atoms with Crippen molar-refractivity contribution in [2.24, 2.45) is 7.05 Å². The first-order chi connectivity index (χ1) is 17.4. The molecular formula is C28H23FN4O3. The molecule has 2 aromatic carbocycles. The Bertz CT molecular complexity index is 1510. The van der Waals surface area contributed by atoms with E-state index in [-0.39, 0.29) is 23.4 Å². The second-order valence-electron chi connectivity index (χ2n) is 8.54. The average molecular weight is 483 g/mol. The molecule has 0 fully saturated rings. The van der Waals surface area contributed by atoms with E-state index in [0.29, 0.717) is 16.8 Å². The summed E-state index contributed by atoms with van der Waals surface area (Å²) in [7, 11) is 1.51. The van der Waals surface area contributed by atoms with Crippen LogP contribution in [0, 0.1) is 5.82 Å². The van der Waals surface area contributed by atoms with Crippen LogP contribution in [0.1, 0.15) is 23.6 Å². The van der Waals surface area contributed by atoms with Crippen LogP contribution in [0.3, 0.4) is 0 Å². The Morgan fingerprint density at radius 1 is 0.944 bits per heavy atom. The van der Waals surface area contributed by atoms with Crippen molar-refractivity contribution in [1.29, 1.82) is 0 Å². The molecule has 2 aromatic heterocycles. The Hall–Kier alpha value is -4.59. The summed E-state index contributed by atoms with van der Waals surface area (Å²) >= 11 is 0. The van der Waals surface area contributed by atoms with Gasteiger partial charge in [-0.3, -0.25) is 19.2 Å². The molecule has 36 heavy (non-hydrogen) atoms. The van der Waals surface area contributed by atoms with Gasteiger partial charge in [-0.15, -0.1) is 0 Å². The van der Waals surface area contributed by atoms with Gasteiger partial charge >= 0.3 is 5.91 Å². The summed E-state index contributed by atoms with van der Waals surface area (Å²) in [5.41, 5.74) is 2.68. The molecule has 1 aliphatic heterocycles. The van der Waals surface area contributed by atoms with Gasteiger partial charge in [0.2, 0.25) is 0 Å². The summed E-state index contributed by atoms with van der Waals surface area (Å²) in [5, 5.41) is 17.7. The molecule has 3 heterocycles. The first kappa shape index (κ1) is 23.2. The van der Waals surface area contributed by atoms with Crippen LogP contribution in [0.2, 0.25) is 0 Å². The van der Waals surface area contributed by atoms with Gasteiger partial charge in [-0.25, -0.2) is 4.39 Å². The topological polar surface area (TPSA) is 82.1 Å². The number of benzene rings is 2.